The van der Waals surface area contributed by atoms with Gasteiger partial charge in [0.05, 0.1) is 0 Å². The largest absolute Gasteiger partial charge is 0.413 e. The Morgan fingerprint density at radius 3 is 2.33 bits per heavy atom. The molecule has 1 aliphatic heterocycles. The summed E-state index contributed by atoms with van der Waals surface area (Å²) in [6.07, 6.45) is 0. The lowest BCUT2D eigenvalue weighted by Gasteiger charge is -1.94. The number of carbonyl (C=O) groups excluding carboxylic acids is 3. The minimum atomic E-state index is -1.29. The fourth-order valence-corrected chi connectivity index (χ4v) is 0.269. The first-order valence-electron chi connectivity index (χ1n) is 1.92. The van der Waals surface area contributed by atoms with Gasteiger partial charge in [0.1, 0.15) is 0 Å². The van der Waals surface area contributed by atoms with Crippen molar-refractivity contribution in [1.29, 1.82) is 0 Å². The quantitative estimate of drug-likeness (QED) is 0.392. The average Bonchev–Trinajstić information content (AvgIpc) is 1.83. The number of Topliss-reactive ketones (excluding diaryl/α,β-unsaturated/α-hetero) is 1. The van der Waals surface area contributed by atoms with E-state index in [2.05, 4.69) is 15.2 Å². The van der Waals surface area contributed by atoms with E-state index in [1.54, 1.807) is 0 Å². The SMILES string of the molecule is O=C1N=NOC(=O)C1=O. The summed E-state index contributed by atoms with van der Waals surface area (Å²) in [5, 5.41) is 5.25. The Labute approximate surface area is 48.5 Å². The molecule has 0 aromatic heterocycles. The average molecular weight is 128 g/mol. The predicted octanol–water partition coefficient (Wildman–Crippen LogP) is -0.994. The zero-order chi connectivity index (χ0) is 6.85. The molecule has 0 N–H and O–H groups in total. The molecule has 0 atom stereocenters. The molecule has 1 heterocycles. The number of hydrogen-bond donors (Lipinski definition) is 0. The van der Waals surface area contributed by atoms with Gasteiger partial charge in [-0.2, -0.15) is 0 Å². The lowest BCUT2D eigenvalue weighted by atomic mass is 10.4. The van der Waals surface area contributed by atoms with Crippen LogP contribution in [-0.4, -0.2) is 17.7 Å². The first-order chi connectivity index (χ1) is 4.22. The zero-order valence-corrected chi connectivity index (χ0v) is 4.03. The van der Waals surface area contributed by atoms with Crippen LogP contribution in [0.2, 0.25) is 0 Å². The summed E-state index contributed by atoms with van der Waals surface area (Å²) in [7, 11) is 0. The Hall–Kier alpha value is -1.59. The van der Waals surface area contributed by atoms with Crippen LogP contribution in [0.5, 0.6) is 0 Å². The van der Waals surface area contributed by atoms with Crippen molar-refractivity contribution in [1.82, 2.24) is 0 Å². The van der Waals surface area contributed by atoms with Crippen LogP contribution in [0.3, 0.4) is 0 Å². The Kier molecular flexibility index (Phi) is 1.07. The third-order valence-electron chi connectivity index (χ3n) is 0.635. The van der Waals surface area contributed by atoms with E-state index in [1.807, 2.05) is 0 Å². The molecule has 1 aliphatic rings. The molecule has 6 nitrogen and oxygen atoms in total. The van der Waals surface area contributed by atoms with Crippen LogP contribution in [0.15, 0.2) is 10.4 Å². The Balaban J connectivity index is 2.94. The molecule has 0 aromatic rings. The van der Waals surface area contributed by atoms with Crippen LogP contribution in [0.4, 0.5) is 0 Å². The van der Waals surface area contributed by atoms with Gasteiger partial charge in [-0.1, -0.05) is 5.11 Å². The summed E-state index contributed by atoms with van der Waals surface area (Å²) < 4.78 is 0. The first-order valence-corrected chi connectivity index (χ1v) is 1.92. The maximum Gasteiger partial charge on any atom is 0.413 e. The molecule has 0 saturated carbocycles. The fraction of sp³-hybridized carbons (Fsp3) is 0. The molecular weight excluding hydrogens is 128 g/mol. The second-order valence-electron chi connectivity index (χ2n) is 1.19. The van der Waals surface area contributed by atoms with Gasteiger partial charge < -0.3 is 0 Å². The van der Waals surface area contributed by atoms with Crippen molar-refractivity contribution in [3.63, 3.8) is 0 Å². The molecule has 0 aliphatic carbocycles. The number of carbonyl (C=O) groups is 3. The summed E-state index contributed by atoms with van der Waals surface area (Å²) >= 11 is 0. The van der Waals surface area contributed by atoms with Crippen LogP contribution < -0.4 is 0 Å². The Morgan fingerprint density at radius 2 is 1.89 bits per heavy atom. The molecule has 6 heteroatoms. The summed E-state index contributed by atoms with van der Waals surface area (Å²) in [5.74, 6) is -3.76. The molecule has 0 fully saturated rings. The number of amides is 1. The van der Waals surface area contributed by atoms with E-state index in [1.165, 1.54) is 0 Å². The van der Waals surface area contributed by atoms with E-state index in [9.17, 15) is 14.4 Å². The maximum absolute atomic E-state index is 10.1. The third kappa shape index (κ3) is 0.809. The molecular formula is C3N2O4. The highest BCUT2D eigenvalue weighted by Gasteiger charge is 2.28. The molecule has 1 amide bonds. The predicted molar refractivity (Wildman–Crippen MR) is 21.0 cm³/mol. The number of nitrogens with zero attached hydrogens (tertiary/aromatic N) is 2. The van der Waals surface area contributed by atoms with Gasteiger partial charge in [0.15, 0.2) is 0 Å². The van der Waals surface area contributed by atoms with E-state index in [0.29, 0.717) is 0 Å². The van der Waals surface area contributed by atoms with Crippen molar-refractivity contribution >= 4 is 17.7 Å². The summed E-state index contributed by atoms with van der Waals surface area (Å²) in [6, 6.07) is 0. The monoisotopic (exact) mass is 128 g/mol. The van der Waals surface area contributed by atoms with Gasteiger partial charge in [-0.15, -0.1) is 0 Å². The lowest BCUT2D eigenvalue weighted by Crippen LogP contribution is -2.26. The highest BCUT2D eigenvalue weighted by molar-refractivity contribution is 6.62. The molecule has 0 aromatic carbocycles. The fourth-order valence-electron chi connectivity index (χ4n) is 0.269. The normalized spacial score (nSPS) is 18.0. The van der Waals surface area contributed by atoms with Crippen molar-refractivity contribution in [3.05, 3.63) is 0 Å². The van der Waals surface area contributed by atoms with Crippen LogP contribution in [0.25, 0.3) is 0 Å². The second kappa shape index (κ2) is 1.73. The van der Waals surface area contributed by atoms with Gasteiger partial charge in [-0.05, 0) is 0 Å². The van der Waals surface area contributed by atoms with E-state index in [4.69, 9.17) is 0 Å². The van der Waals surface area contributed by atoms with Crippen LogP contribution in [-0.2, 0) is 19.2 Å². The minimum absolute atomic E-state index is 1.19. The van der Waals surface area contributed by atoms with Crippen LogP contribution in [0, 0.1) is 0 Å². The third-order valence-corrected chi connectivity index (χ3v) is 0.635. The smallest absolute Gasteiger partial charge is 0.290 e. The molecule has 9 heavy (non-hydrogen) atoms. The maximum atomic E-state index is 10.1. The number of rotatable bonds is 0. The van der Waals surface area contributed by atoms with Crippen molar-refractivity contribution < 1.29 is 19.2 Å². The van der Waals surface area contributed by atoms with E-state index >= 15 is 0 Å². The molecule has 0 bridgehead atoms. The van der Waals surface area contributed by atoms with Crippen LogP contribution >= 0.6 is 0 Å². The minimum Gasteiger partial charge on any atom is -0.290 e. The molecule has 0 spiro atoms. The van der Waals surface area contributed by atoms with Gasteiger partial charge >= 0.3 is 17.7 Å². The molecule has 46 valence electrons. The standard InChI is InChI=1S/C3N2O4/c6-1-2(7)4-5-9-3(1)8. The van der Waals surface area contributed by atoms with Gasteiger partial charge in [0.25, 0.3) is 0 Å². The zero-order valence-electron chi connectivity index (χ0n) is 4.03. The van der Waals surface area contributed by atoms with E-state index < -0.39 is 17.7 Å². The lowest BCUT2D eigenvalue weighted by molar-refractivity contribution is -0.160. The Bertz CT molecular complexity index is 218. The van der Waals surface area contributed by atoms with E-state index in [-0.39, 0.29) is 0 Å². The summed E-state index contributed by atoms with van der Waals surface area (Å²) in [5.41, 5.74) is 0. The summed E-state index contributed by atoms with van der Waals surface area (Å²) in [6.45, 7) is 0. The molecule has 0 radical (unpaired) electrons. The highest BCUT2D eigenvalue weighted by Crippen LogP contribution is 1.94. The van der Waals surface area contributed by atoms with Gasteiger partial charge in [0, 0.05) is 5.28 Å². The molecule has 1 rings (SSSR count). The van der Waals surface area contributed by atoms with Crippen molar-refractivity contribution in [2.45, 2.75) is 0 Å². The molecule has 0 saturated heterocycles. The molecule has 0 unspecified atom stereocenters. The first kappa shape index (κ1) is 5.54. The highest BCUT2D eigenvalue weighted by atomic mass is 16.7. The van der Waals surface area contributed by atoms with Gasteiger partial charge in [0.2, 0.25) is 0 Å². The van der Waals surface area contributed by atoms with Crippen LogP contribution in [0.1, 0.15) is 0 Å². The van der Waals surface area contributed by atoms with Gasteiger partial charge in [-0.3, -0.25) is 14.4 Å². The van der Waals surface area contributed by atoms with Crippen molar-refractivity contribution in [2.75, 3.05) is 0 Å². The van der Waals surface area contributed by atoms with Gasteiger partial charge in [-0.25, -0.2) is 4.79 Å². The second-order valence-corrected chi connectivity index (χ2v) is 1.19. The van der Waals surface area contributed by atoms with Crippen molar-refractivity contribution in [2.24, 2.45) is 10.4 Å². The van der Waals surface area contributed by atoms with Crippen molar-refractivity contribution in [3.8, 4) is 0 Å². The van der Waals surface area contributed by atoms with E-state index in [0.717, 1.165) is 0 Å². The number of hydrogen-bond acceptors (Lipinski definition) is 5. The summed E-state index contributed by atoms with van der Waals surface area (Å²) in [4.78, 5) is 34.0. The number of ketones is 1. The Morgan fingerprint density at radius 1 is 1.22 bits per heavy atom. The topological polar surface area (TPSA) is 85.2 Å².